The number of anilines is 1. The fourth-order valence-corrected chi connectivity index (χ4v) is 6.32. The van der Waals surface area contributed by atoms with Gasteiger partial charge in [0.05, 0.1) is 0 Å². The Balaban J connectivity index is 1.35. The molecule has 0 aromatic heterocycles. The van der Waals surface area contributed by atoms with Crippen molar-refractivity contribution in [2.75, 3.05) is 31.1 Å². The normalized spacial score (nSPS) is 19.8. The maximum Gasteiger partial charge on any atom is 0.115 e. The molecular formula is C31H34N2O. The van der Waals surface area contributed by atoms with Crippen LogP contribution in [0.4, 0.5) is 5.69 Å². The van der Waals surface area contributed by atoms with Crippen molar-refractivity contribution in [3.63, 3.8) is 0 Å². The number of aromatic hydroxyl groups is 1. The van der Waals surface area contributed by atoms with E-state index in [1.54, 1.807) is 0 Å². The first-order valence-corrected chi connectivity index (χ1v) is 12.9. The number of phenols is 1. The summed E-state index contributed by atoms with van der Waals surface area (Å²) < 4.78 is 0. The van der Waals surface area contributed by atoms with Gasteiger partial charge in [-0.1, -0.05) is 48.5 Å². The lowest BCUT2D eigenvalue weighted by atomic mass is 9.73. The molecule has 174 valence electrons. The van der Waals surface area contributed by atoms with Crippen molar-refractivity contribution in [2.24, 2.45) is 5.41 Å². The van der Waals surface area contributed by atoms with Crippen molar-refractivity contribution in [2.45, 2.75) is 38.5 Å². The highest BCUT2D eigenvalue weighted by Crippen LogP contribution is 2.44. The molecule has 0 bridgehead atoms. The zero-order valence-corrected chi connectivity index (χ0v) is 19.9. The molecule has 6 rings (SSSR count). The third-order valence-corrected chi connectivity index (χ3v) is 8.12. The smallest absolute Gasteiger partial charge is 0.115 e. The fourth-order valence-electron chi connectivity index (χ4n) is 6.32. The van der Waals surface area contributed by atoms with Crippen LogP contribution in [0.15, 0.2) is 72.8 Å². The zero-order valence-electron chi connectivity index (χ0n) is 19.9. The molecule has 1 aliphatic carbocycles. The number of hydrogen-bond donors (Lipinski definition) is 2. The second-order valence-corrected chi connectivity index (χ2v) is 10.4. The number of nitrogens with zero attached hydrogens (tertiary/aromatic N) is 1. The topological polar surface area (TPSA) is 35.5 Å². The SMILES string of the molecule is Oc1ccc2c(c1)CCCC(c1ccccc1)=C2c1ccc(N2CC3(CCCNCC3)C2)cc1. The van der Waals surface area contributed by atoms with Crippen LogP contribution in [-0.4, -0.2) is 31.3 Å². The molecule has 3 aromatic rings. The lowest BCUT2D eigenvalue weighted by Gasteiger charge is -2.51. The van der Waals surface area contributed by atoms with Crippen LogP contribution in [0.2, 0.25) is 0 Å². The summed E-state index contributed by atoms with van der Waals surface area (Å²) in [5, 5.41) is 13.7. The molecule has 2 fully saturated rings. The average molecular weight is 451 g/mol. The first kappa shape index (κ1) is 21.5. The van der Waals surface area contributed by atoms with Gasteiger partial charge >= 0.3 is 0 Å². The molecule has 0 unspecified atom stereocenters. The monoisotopic (exact) mass is 450 g/mol. The van der Waals surface area contributed by atoms with Gasteiger partial charge in [0.15, 0.2) is 0 Å². The summed E-state index contributed by atoms with van der Waals surface area (Å²) in [6.07, 6.45) is 7.08. The van der Waals surface area contributed by atoms with E-state index in [1.807, 2.05) is 12.1 Å². The first-order valence-electron chi connectivity index (χ1n) is 12.9. The van der Waals surface area contributed by atoms with Crippen molar-refractivity contribution in [1.29, 1.82) is 0 Å². The van der Waals surface area contributed by atoms with Gasteiger partial charge in [0.25, 0.3) is 0 Å². The van der Waals surface area contributed by atoms with Gasteiger partial charge < -0.3 is 15.3 Å². The molecule has 0 amide bonds. The molecule has 34 heavy (non-hydrogen) atoms. The standard InChI is InChI=1S/C31H34N2O/c34-27-14-15-29-25(20-27)8-4-9-28(23-6-2-1-3-7-23)30(29)24-10-12-26(13-11-24)33-21-31(22-33)16-5-18-32-19-17-31/h1-3,6-7,10-15,20,32,34H,4-5,8-9,16-19,21-22H2. The highest BCUT2D eigenvalue weighted by molar-refractivity contribution is 6.00. The van der Waals surface area contributed by atoms with Gasteiger partial charge in [-0.3, -0.25) is 0 Å². The second kappa shape index (κ2) is 8.96. The number of allylic oxidation sites excluding steroid dienone is 1. The van der Waals surface area contributed by atoms with E-state index in [0.29, 0.717) is 11.2 Å². The molecule has 2 heterocycles. The van der Waals surface area contributed by atoms with Crippen molar-refractivity contribution >= 4 is 16.8 Å². The number of hydrogen-bond acceptors (Lipinski definition) is 3. The number of fused-ring (bicyclic) bond motifs is 1. The largest absolute Gasteiger partial charge is 0.508 e. The van der Waals surface area contributed by atoms with Crippen LogP contribution in [0.3, 0.4) is 0 Å². The first-order chi connectivity index (χ1) is 16.7. The highest BCUT2D eigenvalue weighted by Gasteiger charge is 2.42. The lowest BCUT2D eigenvalue weighted by molar-refractivity contribution is 0.186. The minimum Gasteiger partial charge on any atom is -0.508 e. The number of aryl methyl sites for hydroxylation is 1. The summed E-state index contributed by atoms with van der Waals surface area (Å²) in [7, 11) is 0. The molecule has 3 aliphatic rings. The number of benzene rings is 3. The van der Waals surface area contributed by atoms with Gasteiger partial charge in [0.2, 0.25) is 0 Å². The van der Waals surface area contributed by atoms with E-state index >= 15 is 0 Å². The van der Waals surface area contributed by atoms with Crippen molar-refractivity contribution in [3.05, 3.63) is 95.1 Å². The van der Waals surface area contributed by atoms with Crippen LogP contribution < -0.4 is 10.2 Å². The molecule has 3 aromatic carbocycles. The van der Waals surface area contributed by atoms with E-state index in [9.17, 15) is 5.11 Å². The van der Waals surface area contributed by atoms with Crippen molar-refractivity contribution in [1.82, 2.24) is 5.32 Å². The van der Waals surface area contributed by atoms with Crippen LogP contribution in [-0.2, 0) is 6.42 Å². The molecule has 0 saturated carbocycles. The molecule has 2 aliphatic heterocycles. The van der Waals surface area contributed by atoms with Gasteiger partial charge in [0.1, 0.15) is 5.75 Å². The molecule has 3 nitrogen and oxygen atoms in total. The van der Waals surface area contributed by atoms with E-state index in [4.69, 9.17) is 0 Å². The van der Waals surface area contributed by atoms with Gasteiger partial charge in [-0.25, -0.2) is 0 Å². The van der Waals surface area contributed by atoms with Gasteiger partial charge in [-0.2, -0.15) is 0 Å². The van der Waals surface area contributed by atoms with Crippen LogP contribution in [0.1, 0.15) is 54.4 Å². The predicted octanol–water partition coefficient (Wildman–Crippen LogP) is 6.27. The van der Waals surface area contributed by atoms with E-state index in [-0.39, 0.29) is 0 Å². The molecule has 2 saturated heterocycles. The van der Waals surface area contributed by atoms with E-state index in [2.05, 4.69) is 70.9 Å². The summed E-state index contributed by atoms with van der Waals surface area (Å²) in [6.45, 7) is 4.72. The van der Waals surface area contributed by atoms with Crippen LogP contribution in [0.25, 0.3) is 11.1 Å². The van der Waals surface area contributed by atoms with Crippen molar-refractivity contribution < 1.29 is 5.11 Å². The number of phenolic OH excluding ortho intramolecular Hbond substituents is 1. The van der Waals surface area contributed by atoms with E-state index in [1.165, 1.54) is 78.0 Å². The fraction of sp³-hybridized carbons (Fsp3) is 0.355. The maximum absolute atomic E-state index is 10.1. The second-order valence-electron chi connectivity index (χ2n) is 10.4. The Hall–Kier alpha value is -3.04. The van der Waals surface area contributed by atoms with Gasteiger partial charge in [-0.05, 0) is 109 Å². The Kier molecular flexibility index (Phi) is 5.66. The molecule has 1 spiro atoms. The Morgan fingerprint density at radius 1 is 0.765 bits per heavy atom. The van der Waals surface area contributed by atoms with E-state index in [0.717, 1.165) is 25.8 Å². The Morgan fingerprint density at radius 2 is 1.59 bits per heavy atom. The minimum absolute atomic E-state index is 0.358. The van der Waals surface area contributed by atoms with Gasteiger partial charge in [0, 0.05) is 24.2 Å². The van der Waals surface area contributed by atoms with Gasteiger partial charge in [-0.15, -0.1) is 0 Å². The Labute approximate surface area is 203 Å². The minimum atomic E-state index is 0.358. The quantitative estimate of drug-likeness (QED) is 0.494. The molecule has 3 heteroatoms. The van der Waals surface area contributed by atoms with Crippen LogP contribution in [0.5, 0.6) is 5.75 Å². The third-order valence-electron chi connectivity index (χ3n) is 8.12. The summed E-state index contributed by atoms with van der Waals surface area (Å²) in [6, 6.07) is 26.0. The molecular weight excluding hydrogens is 416 g/mol. The average Bonchev–Trinajstić information content (AvgIpc) is 3.21. The zero-order chi connectivity index (χ0) is 23.0. The highest BCUT2D eigenvalue weighted by atomic mass is 16.3. The lowest BCUT2D eigenvalue weighted by Crippen LogP contribution is -2.56. The number of nitrogens with one attached hydrogen (secondary N) is 1. The predicted molar refractivity (Wildman–Crippen MR) is 141 cm³/mol. The summed E-state index contributed by atoms with van der Waals surface area (Å²) in [4.78, 5) is 2.56. The third kappa shape index (κ3) is 4.03. The van der Waals surface area contributed by atoms with E-state index < -0.39 is 0 Å². The summed E-state index contributed by atoms with van der Waals surface area (Å²) >= 11 is 0. The summed E-state index contributed by atoms with van der Waals surface area (Å²) in [5.74, 6) is 0.358. The number of rotatable bonds is 3. The maximum atomic E-state index is 10.1. The van der Waals surface area contributed by atoms with Crippen LogP contribution >= 0.6 is 0 Å². The Morgan fingerprint density at radius 3 is 2.41 bits per heavy atom. The summed E-state index contributed by atoms with van der Waals surface area (Å²) in [5.41, 5.74) is 9.67. The van der Waals surface area contributed by atoms with Crippen LogP contribution in [0, 0.1) is 5.41 Å². The molecule has 2 N–H and O–H groups in total. The molecule has 0 atom stereocenters. The Bertz CT molecular complexity index is 1180. The van der Waals surface area contributed by atoms with Crippen molar-refractivity contribution in [3.8, 4) is 5.75 Å². The molecule has 0 radical (unpaired) electrons.